The van der Waals surface area contributed by atoms with Crippen LogP contribution in [0.25, 0.3) is 0 Å². The van der Waals surface area contributed by atoms with Gasteiger partial charge < -0.3 is 15.5 Å². The summed E-state index contributed by atoms with van der Waals surface area (Å²) in [7, 11) is 0. The van der Waals surface area contributed by atoms with Crippen molar-refractivity contribution in [3.63, 3.8) is 0 Å². The average molecular weight is 385 g/mol. The normalized spacial score (nSPS) is 13.2. The lowest BCUT2D eigenvalue weighted by atomic mass is 10.0. The van der Waals surface area contributed by atoms with Crippen molar-refractivity contribution >= 4 is 40.4 Å². The van der Waals surface area contributed by atoms with Gasteiger partial charge in [0, 0.05) is 24.5 Å². The molecule has 6 nitrogen and oxygen atoms in total. The van der Waals surface area contributed by atoms with E-state index in [0.717, 1.165) is 24.1 Å². The van der Waals surface area contributed by atoms with Gasteiger partial charge in [0.25, 0.3) is 5.91 Å². The second kappa shape index (κ2) is 8.35. The van der Waals surface area contributed by atoms with Crippen molar-refractivity contribution in [1.29, 1.82) is 0 Å². The second-order valence-corrected chi connectivity index (χ2v) is 7.89. The minimum absolute atomic E-state index is 0.00389. The molecule has 0 atom stereocenters. The van der Waals surface area contributed by atoms with Gasteiger partial charge in [-0.3, -0.25) is 14.4 Å². The highest BCUT2D eigenvalue weighted by Gasteiger charge is 2.24. The monoisotopic (exact) mass is 385 g/mol. The third kappa shape index (κ3) is 4.54. The molecule has 2 heterocycles. The molecule has 1 aliphatic rings. The largest absolute Gasteiger partial charge is 0.348 e. The van der Waals surface area contributed by atoms with Crippen molar-refractivity contribution in [2.45, 2.75) is 26.7 Å². The van der Waals surface area contributed by atoms with Gasteiger partial charge in [-0.1, -0.05) is 19.9 Å². The molecule has 2 aromatic rings. The smallest absolute Gasteiger partial charge is 0.313 e. The number of aryl methyl sites for hydroxylation is 1. The number of nitrogens with one attached hydrogen (secondary N) is 2. The molecule has 0 saturated carbocycles. The van der Waals surface area contributed by atoms with Gasteiger partial charge in [0.15, 0.2) is 0 Å². The quantitative estimate of drug-likeness (QED) is 0.794. The summed E-state index contributed by atoms with van der Waals surface area (Å²) in [5.74, 6) is -1.05. The maximum atomic E-state index is 12.7. The number of hydrogen-bond acceptors (Lipinski definition) is 4. The number of carbonyl (C=O) groups excluding carboxylic acids is 3. The molecule has 0 fully saturated rings. The van der Waals surface area contributed by atoms with Gasteiger partial charge in [-0.15, -0.1) is 11.3 Å². The van der Waals surface area contributed by atoms with E-state index in [1.807, 2.05) is 43.5 Å². The minimum atomic E-state index is -0.682. The summed E-state index contributed by atoms with van der Waals surface area (Å²) < 4.78 is 0. The molecule has 142 valence electrons. The highest BCUT2D eigenvalue weighted by atomic mass is 32.1. The first kappa shape index (κ1) is 19.1. The van der Waals surface area contributed by atoms with Crippen LogP contribution in [-0.4, -0.2) is 30.8 Å². The van der Waals surface area contributed by atoms with Gasteiger partial charge in [-0.05, 0) is 54.0 Å². The fourth-order valence-corrected chi connectivity index (χ4v) is 3.66. The topological polar surface area (TPSA) is 78.5 Å². The van der Waals surface area contributed by atoms with E-state index in [-0.39, 0.29) is 11.8 Å². The van der Waals surface area contributed by atoms with E-state index in [1.165, 1.54) is 11.3 Å². The molecular weight excluding hydrogens is 362 g/mol. The van der Waals surface area contributed by atoms with E-state index in [9.17, 15) is 14.4 Å². The molecule has 7 heteroatoms. The number of rotatable bonds is 4. The third-order valence-corrected chi connectivity index (χ3v) is 5.17. The SMILES string of the molecule is CC(C)CNC(=O)C(=O)Nc1ccc2c(c1)CCCN2C(=O)c1cccs1. The molecule has 0 bridgehead atoms. The predicted molar refractivity (Wildman–Crippen MR) is 107 cm³/mol. The molecule has 1 aromatic heterocycles. The second-order valence-electron chi connectivity index (χ2n) is 6.94. The van der Waals surface area contributed by atoms with Crippen LogP contribution >= 0.6 is 11.3 Å². The van der Waals surface area contributed by atoms with Gasteiger partial charge in [0.1, 0.15) is 0 Å². The summed E-state index contributed by atoms with van der Waals surface area (Å²) in [6.07, 6.45) is 1.68. The molecule has 1 aromatic carbocycles. The Morgan fingerprint density at radius 1 is 1.19 bits per heavy atom. The summed E-state index contributed by atoms with van der Waals surface area (Å²) in [5, 5.41) is 7.12. The molecule has 3 amide bonds. The van der Waals surface area contributed by atoms with E-state index in [0.29, 0.717) is 23.7 Å². The molecule has 3 rings (SSSR count). The van der Waals surface area contributed by atoms with Crippen LogP contribution in [0.15, 0.2) is 35.7 Å². The van der Waals surface area contributed by atoms with Crippen molar-refractivity contribution in [2.24, 2.45) is 5.92 Å². The van der Waals surface area contributed by atoms with E-state index < -0.39 is 11.8 Å². The number of thiophene rings is 1. The Morgan fingerprint density at radius 3 is 2.70 bits per heavy atom. The Balaban J connectivity index is 1.72. The van der Waals surface area contributed by atoms with Crippen LogP contribution < -0.4 is 15.5 Å². The molecule has 0 unspecified atom stereocenters. The van der Waals surface area contributed by atoms with Crippen LogP contribution in [0.3, 0.4) is 0 Å². The molecule has 2 N–H and O–H groups in total. The number of anilines is 2. The van der Waals surface area contributed by atoms with Gasteiger partial charge >= 0.3 is 11.8 Å². The number of benzene rings is 1. The molecular formula is C20H23N3O3S. The zero-order chi connectivity index (χ0) is 19.4. The van der Waals surface area contributed by atoms with Gasteiger partial charge in [0.2, 0.25) is 0 Å². The maximum absolute atomic E-state index is 12.7. The number of nitrogens with zero attached hydrogens (tertiary/aromatic N) is 1. The summed E-state index contributed by atoms with van der Waals surface area (Å²) in [5.41, 5.74) is 2.41. The zero-order valence-electron chi connectivity index (χ0n) is 15.5. The molecule has 0 radical (unpaired) electrons. The van der Waals surface area contributed by atoms with Crippen molar-refractivity contribution in [1.82, 2.24) is 5.32 Å². The first-order valence-corrected chi connectivity index (χ1v) is 9.91. The van der Waals surface area contributed by atoms with Crippen molar-refractivity contribution in [3.8, 4) is 0 Å². The summed E-state index contributed by atoms with van der Waals surface area (Å²) in [4.78, 5) is 39.1. The van der Waals surface area contributed by atoms with Gasteiger partial charge in [-0.2, -0.15) is 0 Å². The summed E-state index contributed by atoms with van der Waals surface area (Å²) in [6.45, 7) is 5.05. The molecule has 27 heavy (non-hydrogen) atoms. The lowest BCUT2D eigenvalue weighted by molar-refractivity contribution is -0.136. The van der Waals surface area contributed by atoms with Crippen molar-refractivity contribution < 1.29 is 14.4 Å². The molecule has 1 aliphatic heterocycles. The van der Waals surface area contributed by atoms with Crippen LogP contribution in [0.5, 0.6) is 0 Å². The Kier molecular flexibility index (Phi) is 5.91. The summed E-state index contributed by atoms with van der Waals surface area (Å²) in [6, 6.07) is 9.10. The molecule has 0 spiro atoms. The van der Waals surface area contributed by atoms with E-state index in [1.54, 1.807) is 11.0 Å². The van der Waals surface area contributed by atoms with E-state index in [4.69, 9.17) is 0 Å². The average Bonchev–Trinajstić information content (AvgIpc) is 3.19. The Labute approximate surface area is 162 Å². The summed E-state index contributed by atoms with van der Waals surface area (Å²) >= 11 is 1.43. The fraction of sp³-hybridized carbons (Fsp3) is 0.350. The van der Waals surface area contributed by atoms with Gasteiger partial charge in [-0.25, -0.2) is 0 Å². The van der Waals surface area contributed by atoms with Crippen LogP contribution in [0.4, 0.5) is 11.4 Å². The zero-order valence-corrected chi connectivity index (χ0v) is 16.3. The van der Waals surface area contributed by atoms with E-state index in [2.05, 4.69) is 10.6 Å². The van der Waals surface area contributed by atoms with Crippen LogP contribution in [-0.2, 0) is 16.0 Å². The number of carbonyl (C=O) groups is 3. The lowest BCUT2D eigenvalue weighted by Gasteiger charge is -2.29. The van der Waals surface area contributed by atoms with Crippen LogP contribution in [0.2, 0.25) is 0 Å². The van der Waals surface area contributed by atoms with Crippen molar-refractivity contribution in [2.75, 3.05) is 23.3 Å². The van der Waals surface area contributed by atoms with Gasteiger partial charge in [0.05, 0.1) is 4.88 Å². The third-order valence-electron chi connectivity index (χ3n) is 4.31. The highest BCUT2D eigenvalue weighted by molar-refractivity contribution is 7.12. The lowest BCUT2D eigenvalue weighted by Crippen LogP contribution is -2.37. The minimum Gasteiger partial charge on any atom is -0.348 e. The Morgan fingerprint density at radius 2 is 2.00 bits per heavy atom. The molecule has 0 aliphatic carbocycles. The standard InChI is InChI=1S/C20H23N3O3S/c1-13(2)12-21-18(24)19(25)22-15-7-8-16-14(11-15)5-3-9-23(16)20(26)17-6-4-10-27-17/h4,6-8,10-11,13H,3,5,9,12H2,1-2H3,(H,21,24)(H,22,25). The van der Waals surface area contributed by atoms with Crippen molar-refractivity contribution in [3.05, 3.63) is 46.2 Å². The first-order chi connectivity index (χ1) is 13.0. The Hall–Kier alpha value is -2.67. The first-order valence-electron chi connectivity index (χ1n) is 9.03. The number of fused-ring (bicyclic) bond motifs is 1. The Bertz CT molecular complexity index is 846. The fourth-order valence-electron chi connectivity index (χ4n) is 2.98. The predicted octanol–water partition coefficient (Wildman–Crippen LogP) is 3.05. The van der Waals surface area contributed by atoms with Crippen LogP contribution in [0.1, 0.15) is 35.5 Å². The maximum Gasteiger partial charge on any atom is 0.313 e. The number of amides is 3. The number of hydrogen-bond donors (Lipinski definition) is 2. The molecule has 0 saturated heterocycles. The highest BCUT2D eigenvalue weighted by Crippen LogP contribution is 2.31. The van der Waals surface area contributed by atoms with E-state index >= 15 is 0 Å². The van der Waals surface area contributed by atoms with Crippen LogP contribution in [0, 0.1) is 5.92 Å².